The number of hydrogen-bond donors (Lipinski definition) is 3. The Balaban J connectivity index is 1.61. The van der Waals surface area contributed by atoms with Gasteiger partial charge in [-0.05, 0) is 61.2 Å². The second-order valence-corrected chi connectivity index (χ2v) is 9.24. The van der Waals surface area contributed by atoms with Crippen molar-refractivity contribution in [3.05, 3.63) is 71.3 Å². The molecule has 4 heterocycles. The maximum Gasteiger partial charge on any atom is 0.356 e. The predicted octanol–water partition coefficient (Wildman–Crippen LogP) is 4.00. The highest BCUT2D eigenvalue weighted by Crippen LogP contribution is 2.32. The standard InChI is InChI=1S/C28H30N6O4/c1-4-17-10-20(35)5-6-23(17)33-27(29)22-13-31-34-14-18(11-25(34)26(22)32-19-7-8-38-15-19)21-12-30-24(9-16(21)2)28(36)37-3/h5-6,9-14,19,32,35H,4,7-8,15H2,1-3H3,(H2,29,33). The average Bonchev–Trinajstić information content (AvgIpc) is 3.59. The van der Waals surface area contributed by atoms with Crippen molar-refractivity contribution in [3.8, 4) is 16.9 Å². The smallest absolute Gasteiger partial charge is 0.356 e. The summed E-state index contributed by atoms with van der Waals surface area (Å²) in [6.07, 6.45) is 6.86. The molecule has 1 aliphatic heterocycles. The van der Waals surface area contributed by atoms with Crippen molar-refractivity contribution in [2.24, 2.45) is 10.7 Å². The lowest BCUT2D eigenvalue weighted by Gasteiger charge is -2.17. The van der Waals surface area contributed by atoms with Gasteiger partial charge in [-0.3, -0.25) is 0 Å². The molecule has 4 N–H and O–H groups in total. The van der Waals surface area contributed by atoms with Crippen LogP contribution in [0.15, 0.2) is 53.9 Å². The highest BCUT2D eigenvalue weighted by atomic mass is 16.5. The minimum atomic E-state index is -0.479. The zero-order valence-corrected chi connectivity index (χ0v) is 21.6. The molecule has 196 valence electrons. The van der Waals surface area contributed by atoms with Gasteiger partial charge in [0.1, 0.15) is 17.3 Å². The van der Waals surface area contributed by atoms with Gasteiger partial charge in [0.05, 0.1) is 48.4 Å². The number of nitrogens with one attached hydrogen (secondary N) is 1. The molecule has 1 aliphatic rings. The summed E-state index contributed by atoms with van der Waals surface area (Å²) in [4.78, 5) is 20.9. The number of aryl methyl sites for hydroxylation is 2. The molecule has 10 nitrogen and oxygen atoms in total. The minimum Gasteiger partial charge on any atom is -0.508 e. The normalized spacial score (nSPS) is 15.7. The van der Waals surface area contributed by atoms with E-state index in [2.05, 4.69) is 15.4 Å². The molecular weight excluding hydrogens is 484 g/mol. The Morgan fingerprint density at radius 2 is 2.16 bits per heavy atom. The number of phenols is 1. The highest BCUT2D eigenvalue weighted by Gasteiger charge is 2.22. The van der Waals surface area contributed by atoms with Crippen LogP contribution in [0, 0.1) is 6.92 Å². The first kappa shape index (κ1) is 25.2. The summed E-state index contributed by atoms with van der Waals surface area (Å²) in [5.41, 5.74) is 13.4. The number of esters is 1. The van der Waals surface area contributed by atoms with Crippen LogP contribution in [0.2, 0.25) is 0 Å². The molecule has 1 saturated heterocycles. The van der Waals surface area contributed by atoms with Crippen molar-refractivity contribution < 1.29 is 19.4 Å². The Hall–Kier alpha value is -4.44. The Morgan fingerprint density at radius 1 is 1.32 bits per heavy atom. The quantitative estimate of drug-likeness (QED) is 0.191. The van der Waals surface area contributed by atoms with Crippen LogP contribution < -0.4 is 11.1 Å². The predicted molar refractivity (Wildman–Crippen MR) is 145 cm³/mol. The van der Waals surface area contributed by atoms with Crippen LogP contribution in [0.5, 0.6) is 5.75 Å². The molecule has 1 unspecified atom stereocenters. The van der Waals surface area contributed by atoms with Crippen LogP contribution >= 0.6 is 0 Å². The number of carbonyl (C=O) groups is 1. The zero-order valence-electron chi connectivity index (χ0n) is 21.6. The van der Waals surface area contributed by atoms with Gasteiger partial charge in [-0.15, -0.1) is 0 Å². The number of aromatic hydroxyl groups is 1. The Bertz CT molecular complexity index is 1540. The van der Waals surface area contributed by atoms with Crippen LogP contribution in [0.3, 0.4) is 0 Å². The molecule has 10 heteroatoms. The molecule has 5 rings (SSSR count). The number of hydrogen-bond acceptors (Lipinski definition) is 8. The second-order valence-electron chi connectivity index (χ2n) is 9.24. The number of aliphatic imine (C=N–C) groups is 1. The fraction of sp³-hybridized carbons (Fsp3) is 0.286. The lowest BCUT2D eigenvalue weighted by atomic mass is 10.0. The van der Waals surface area contributed by atoms with E-state index in [0.717, 1.165) is 39.9 Å². The monoisotopic (exact) mass is 514 g/mol. The van der Waals surface area contributed by atoms with Gasteiger partial charge in [-0.25, -0.2) is 19.3 Å². The van der Waals surface area contributed by atoms with Crippen molar-refractivity contribution in [3.63, 3.8) is 0 Å². The molecule has 1 aromatic carbocycles. The van der Waals surface area contributed by atoms with Crippen molar-refractivity contribution in [1.82, 2.24) is 14.6 Å². The van der Waals surface area contributed by atoms with Crippen molar-refractivity contribution in [2.75, 3.05) is 25.6 Å². The third kappa shape index (κ3) is 4.90. The highest BCUT2D eigenvalue weighted by molar-refractivity contribution is 6.06. The number of phenolic OH excluding ortho intramolecular Hbond substituents is 1. The van der Waals surface area contributed by atoms with Crippen LogP contribution in [-0.2, 0) is 15.9 Å². The molecule has 3 aromatic heterocycles. The third-order valence-corrected chi connectivity index (χ3v) is 6.69. The van der Waals surface area contributed by atoms with Gasteiger partial charge in [0.25, 0.3) is 0 Å². The number of fused-ring (bicyclic) bond motifs is 1. The number of nitrogens with two attached hydrogens (primary N) is 1. The van der Waals surface area contributed by atoms with Gasteiger partial charge in [0.15, 0.2) is 0 Å². The number of methoxy groups -OCH3 is 1. The molecule has 38 heavy (non-hydrogen) atoms. The number of nitrogens with zero attached hydrogens (tertiary/aromatic N) is 4. The van der Waals surface area contributed by atoms with E-state index in [0.29, 0.717) is 36.7 Å². The van der Waals surface area contributed by atoms with Crippen LogP contribution in [0.1, 0.15) is 40.5 Å². The topological polar surface area (TPSA) is 136 Å². The number of rotatable bonds is 7. The van der Waals surface area contributed by atoms with Gasteiger partial charge < -0.3 is 25.6 Å². The second kappa shape index (κ2) is 10.5. The maximum absolute atomic E-state index is 11.9. The molecule has 0 amide bonds. The summed E-state index contributed by atoms with van der Waals surface area (Å²) in [6, 6.07) is 8.90. The Morgan fingerprint density at radius 3 is 2.87 bits per heavy atom. The summed E-state index contributed by atoms with van der Waals surface area (Å²) in [7, 11) is 1.33. The van der Waals surface area contributed by atoms with E-state index in [1.54, 1.807) is 41.2 Å². The minimum absolute atomic E-state index is 0.119. The SMILES string of the molecule is CCc1cc(O)ccc1N=C(N)c1cnn2cc(-c3cnc(C(=O)OC)cc3C)cc2c1NC1CCOC1. The van der Waals surface area contributed by atoms with Gasteiger partial charge >= 0.3 is 5.97 Å². The largest absolute Gasteiger partial charge is 0.508 e. The number of anilines is 1. The van der Waals surface area contributed by atoms with E-state index in [1.165, 1.54) is 7.11 Å². The average molecular weight is 515 g/mol. The molecular formula is C28H30N6O4. The van der Waals surface area contributed by atoms with Gasteiger partial charge in [0.2, 0.25) is 0 Å². The first-order valence-electron chi connectivity index (χ1n) is 12.4. The number of aromatic nitrogens is 3. The molecule has 0 bridgehead atoms. The summed E-state index contributed by atoms with van der Waals surface area (Å²) in [5.74, 6) is 0.0221. The van der Waals surface area contributed by atoms with E-state index in [4.69, 9.17) is 20.2 Å². The maximum atomic E-state index is 11.9. The fourth-order valence-corrected chi connectivity index (χ4v) is 4.63. The van der Waals surface area contributed by atoms with E-state index in [-0.39, 0.29) is 17.5 Å². The molecule has 1 fully saturated rings. The zero-order chi connectivity index (χ0) is 26.8. The number of ether oxygens (including phenoxy) is 2. The summed E-state index contributed by atoms with van der Waals surface area (Å²) < 4.78 is 12.2. The van der Waals surface area contributed by atoms with Gasteiger partial charge in [0, 0.05) is 30.1 Å². The summed E-state index contributed by atoms with van der Waals surface area (Å²) in [6.45, 7) is 5.21. The van der Waals surface area contributed by atoms with Gasteiger partial charge in [-0.2, -0.15) is 5.10 Å². The van der Waals surface area contributed by atoms with E-state index in [9.17, 15) is 9.90 Å². The first-order valence-corrected chi connectivity index (χ1v) is 12.4. The van der Waals surface area contributed by atoms with Crippen molar-refractivity contribution in [2.45, 2.75) is 32.7 Å². The number of benzene rings is 1. The summed E-state index contributed by atoms with van der Waals surface area (Å²) >= 11 is 0. The van der Waals surface area contributed by atoms with E-state index < -0.39 is 5.97 Å². The summed E-state index contributed by atoms with van der Waals surface area (Å²) in [5, 5.41) is 18.1. The lowest BCUT2D eigenvalue weighted by molar-refractivity contribution is 0.0594. The third-order valence-electron chi connectivity index (χ3n) is 6.69. The molecule has 0 saturated carbocycles. The number of carbonyl (C=O) groups excluding carboxylic acids is 1. The van der Waals surface area contributed by atoms with E-state index in [1.807, 2.05) is 26.1 Å². The first-order chi connectivity index (χ1) is 18.4. The van der Waals surface area contributed by atoms with Gasteiger partial charge in [-0.1, -0.05) is 6.92 Å². The van der Waals surface area contributed by atoms with Crippen LogP contribution in [0.4, 0.5) is 11.4 Å². The number of pyridine rings is 1. The Kier molecular flexibility index (Phi) is 6.97. The molecule has 0 aliphatic carbocycles. The van der Waals surface area contributed by atoms with Crippen LogP contribution in [-0.4, -0.2) is 57.9 Å². The molecule has 4 aromatic rings. The Labute approximate surface area is 220 Å². The molecule has 0 spiro atoms. The van der Waals surface area contributed by atoms with Crippen molar-refractivity contribution in [1.29, 1.82) is 0 Å². The van der Waals surface area contributed by atoms with Crippen LogP contribution in [0.25, 0.3) is 16.6 Å². The van der Waals surface area contributed by atoms with Crippen molar-refractivity contribution >= 4 is 28.7 Å². The number of amidine groups is 1. The molecule has 1 atom stereocenters. The van der Waals surface area contributed by atoms with E-state index >= 15 is 0 Å². The molecule has 0 radical (unpaired) electrons. The lowest BCUT2D eigenvalue weighted by Crippen LogP contribution is -2.24. The fourth-order valence-electron chi connectivity index (χ4n) is 4.63.